The van der Waals surface area contributed by atoms with E-state index in [1.807, 2.05) is 61.5 Å². The number of imide groups is 1. The number of likely N-dealkylation sites (tertiary alicyclic amines) is 1. The van der Waals surface area contributed by atoms with E-state index < -0.39 is 23.4 Å². The molecule has 1 fully saturated rings. The molecule has 4 aliphatic rings. The first-order chi connectivity index (χ1) is 19.6. The summed E-state index contributed by atoms with van der Waals surface area (Å²) in [7, 11) is 0. The highest BCUT2D eigenvalue weighted by molar-refractivity contribution is 6.08. The molecule has 3 atom stereocenters. The molecule has 208 valence electrons. The quantitative estimate of drug-likeness (QED) is 0.277. The van der Waals surface area contributed by atoms with Crippen molar-refractivity contribution < 1.29 is 28.9 Å². The summed E-state index contributed by atoms with van der Waals surface area (Å²) in [6.07, 6.45) is 0.0219. The van der Waals surface area contributed by atoms with Crippen molar-refractivity contribution in [3.63, 3.8) is 0 Å². The lowest BCUT2D eigenvalue weighted by Crippen LogP contribution is -2.56. The average molecular weight is 542 g/mol. The zero-order chi connectivity index (χ0) is 27.7. The largest absolute Gasteiger partial charge is 0.491 e. The smallest absolute Gasteiger partial charge is 0.234 e. The molecule has 1 N–H and O–H groups in total. The van der Waals surface area contributed by atoms with E-state index in [0.717, 1.165) is 28.7 Å². The van der Waals surface area contributed by atoms with Crippen molar-refractivity contribution in [1.82, 2.24) is 4.90 Å². The molecule has 7 nitrogen and oxygen atoms in total. The third kappa shape index (κ3) is 4.33. The molecule has 1 saturated heterocycles. The van der Waals surface area contributed by atoms with E-state index in [4.69, 9.17) is 14.2 Å². The summed E-state index contributed by atoms with van der Waals surface area (Å²) in [5, 5.41) is 10.7. The molecule has 7 heteroatoms. The Morgan fingerprint density at radius 1 is 0.825 bits per heavy atom. The number of hydrogen-bond acceptors (Lipinski definition) is 6. The highest BCUT2D eigenvalue weighted by Gasteiger charge is 2.68. The molecule has 3 aliphatic carbocycles. The number of carbonyl (C=O) groups is 2. The molecule has 0 saturated carbocycles. The van der Waals surface area contributed by atoms with Crippen LogP contribution in [0, 0.1) is 11.8 Å². The predicted octanol–water partition coefficient (Wildman–Crippen LogP) is 3.92. The summed E-state index contributed by atoms with van der Waals surface area (Å²) in [5.41, 5.74) is 3.35. The minimum atomic E-state index is -0.856. The number of ether oxygens (including phenoxy) is 3. The maximum Gasteiger partial charge on any atom is 0.234 e. The van der Waals surface area contributed by atoms with Gasteiger partial charge >= 0.3 is 0 Å². The van der Waals surface area contributed by atoms with Gasteiger partial charge in [0.15, 0.2) is 0 Å². The SMILES string of the molecule is CCCOCCN1C(=O)C2C3c4ccccc4C(COCC(O)COc4ccccc4)(c4ccccc43)C2C1=O. The second-order valence-electron chi connectivity index (χ2n) is 10.9. The van der Waals surface area contributed by atoms with Crippen LogP contribution in [0.2, 0.25) is 0 Å². The van der Waals surface area contributed by atoms with Gasteiger partial charge in [-0.1, -0.05) is 73.7 Å². The fourth-order valence-electron chi connectivity index (χ4n) is 6.97. The number of aliphatic hydroxyl groups is 1. The fourth-order valence-corrected chi connectivity index (χ4v) is 6.97. The number of benzene rings is 3. The highest BCUT2D eigenvalue weighted by Crippen LogP contribution is 2.64. The molecule has 3 aromatic carbocycles. The van der Waals surface area contributed by atoms with Crippen LogP contribution < -0.4 is 4.74 Å². The lowest BCUT2D eigenvalue weighted by molar-refractivity contribution is -0.141. The van der Waals surface area contributed by atoms with Crippen molar-refractivity contribution >= 4 is 11.8 Å². The Labute approximate surface area is 234 Å². The first-order valence-corrected chi connectivity index (χ1v) is 14.1. The number of carbonyl (C=O) groups excluding carboxylic acids is 2. The van der Waals surface area contributed by atoms with Gasteiger partial charge in [-0.15, -0.1) is 0 Å². The molecule has 2 bridgehead atoms. The van der Waals surface area contributed by atoms with Gasteiger partial charge in [0, 0.05) is 12.5 Å². The van der Waals surface area contributed by atoms with Crippen molar-refractivity contribution in [2.24, 2.45) is 11.8 Å². The molecular weight excluding hydrogens is 506 g/mol. The molecule has 3 aromatic rings. The van der Waals surface area contributed by atoms with Crippen LogP contribution in [0.1, 0.15) is 41.5 Å². The van der Waals surface area contributed by atoms with Crippen LogP contribution in [-0.4, -0.2) is 67.5 Å². The molecule has 7 rings (SSSR count). The summed E-state index contributed by atoms with van der Waals surface area (Å²) in [4.78, 5) is 29.4. The van der Waals surface area contributed by atoms with Gasteiger partial charge in [-0.2, -0.15) is 0 Å². The van der Waals surface area contributed by atoms with Gasteiger partial charge in [-0.05, 0) is 40.8 Å². The number of para-hydroxylation sites is 1. The van der Waals surface area contributed by atoms with Crippen molar-refractivity contribution in [3.05, 3.63) is 101 Å². The van der Waals surface area contributed by atoms with Crippen molar-refractivity contribution in [2.45, 2.75) is 30.8 Å². The van der Waals surface area contributed by atoms with E-state index in [9.17, 15) is 14.7 Å². The van der Waals surface area contributed by atoms with Crippen LogP contribution >= 0.6 is 0 Å². The molecule has 1 heterocycles. The monoisotopic (exact) mass is 541 g/mol. The summed E-state index contributed by atoms with van der Waals surface area (Å²) in [6, 6.07) is 25.6. The lowest BCUT2D eigenvalue weighted by atomic mass is 9.47. The number of hydrogen-bond donors (Lipinski definition) is 1. The summed E-state index contributed by atoms with van der Waals surface area (Å²) < 4.78 is 17.6. The number of rotatable bonds is 12. The lowest BCUT2D eigenvalue weighted by Gasteiger charge is -2.54. The molecule has 2 amide bonds. The first kappa shape index (κ1) is 26.7. The minimum Gasteiger partial charge on any atom is -0.491 e. The maximum absolute atomic E-state index is 14.1. The topological polar surface area (TPSA) is 85.3 Å². The van der Waals surface area contributed by atoms with Crippen LogP contribution in [-0.2, 0) is 24.5 Å². The zero-order valence-electron chi connectivity index (χ0n) is 22.7. The molecule has 0 radical (unpaired) electrons. The van der Waals surface area contributed by atoms with Crippen LogP contribution in [0.15, 0.2) is 78.9 Å². The summed E-state index contributed by atoms with van der Waals surface area (Å²) in [5.74, 6) is -0.904. The van der Waals surface area contributed by atoms with Crippen LogP contribution in [0.3, 0.4) is 0 Å². The van der Waals surface area contributed by atoms with E-state index in [0.29, 0.717) is 19.0 Å². The standard InChI is InChI=1S/C33H35NO6/c1-2-17-38-18-16-34-31(36)29-28-24-12-6-8-14-26(24)33(30(29)32(34)37,27-15-9-7-13-25(27)28)21-39-19-22(35)20-40-23-10-4-3-5-11-23/h3-15,22,28-30,35H,2,16-21H2,1H3. The summed E-state index contributed by atoms with van der Waals surface area (Å²) >= 11 is 0. The van der Waals surface area contributed by atoms with Crippen molar-refractivity contribution in [1.29, 1.82) is 0 Å². The van der Waals surface area contributed by atoms with Gasteiger partial charge in [0.05, 0.1) is 43.6 Å². The Morgan fingerprint density at radius 3 is 2.15 bits per heavy atom. The average Bonchev–Trinajstić information content (AvgIpc) is 3.25. The number of amides is 2. The van der Waals surface area contributed by atoms with Crippen LogP contribution in [0.5, 0.6) is 5.75 Å². The Kier molecular flexibility index (Phi) is 7.45. The normalized spacial score (nSPS) is 24.9. The minimum absolute atomic E-state index is 0.0381. The molecule has 40 heavy (non-hydrogen) atoms. The Balaban J connectivity index is 1.31. The Morgan fingerprint density at radius 2 is 1.48 bits per heavy atom. The molecular formula is C33H35NO6. The molecule has 0 aromatic heterocycles. The van der Waals surface area contributed by atoms with Gasteiger partial charge < -0.3 is 19.3 Å². The number of nitrogens with zero attached hydrogens (tertiary/aromatic N) is 1. The van der Waals surface area contributed by atoms with E-state index in [2.05, 4.69) is 24.3 Å². The summed E-state index contributed by atoms with van der Waals surface area (Å²) in [6.45, 7) is 3.48. The Hall–Kier alpha value is -3.52. The fraction of sp³-hybridized carbons (Fsp3) is 0.394. The maximum atomic E-state index is 14.1. The molecule has 3 unspecified atom stereocenters. The van der Waals surface area contributed by atoms with Gasteiger partial charge in [-0.3, -0.25) is 14.5 Å². The third-order valence-corrected chi connectivity index (χ3v) is 8.52. The van der Waals surface area contributed by atoms with Crippen molar-refractivity contribution in [2.75, 3.05) is 39.6 Å². The van der Waals surface area contributed by atoms with Crippen LogP contribution in [0.4, 0.5) is 0 Å². The second kappa shape index (κ2) is 11.2. The first-order valence-electron chi connectivity index (χ1n) is 14.1. The molecule has 0 spiro atoms. The van der Waals surface area contributed by atoms with Gasteiger partial charge in [0.2, 0.25) is 11.8 Å². The van der Waals surface area contributed by atoms with E-state index in [1.165, 1.54) is 4.90 Å². The second-order valence-corrected chi connectivity index (χ2v) is 10.9. The van der Waals surface area contributed by atoms with Gasteiger partial charge in [-0.25, -0.2) is 0 Å². The van der Waals surface area contributed by atoms with E-state index in [-0.39, 0.29) is 44.1 Å². The van der Waals surface area contributed by atoms with Crippen LogP contribution in [0.25, 0.3) is 0 Å². The third-order valence-electron chi connectivity index (χ3n) is 8.52. The van der Waals surface area contributed by atoms with Crippen molar-refractivity contribution in [3.8, 4) is 5.75 Å². The molecule has 1 aliphatic heterocycles. The zero-order valence-corrected chi connectivity index (χ0v) is 22.7. The van der Waals surface area contributed by atoms with Gasteiger partial charge in [0.1, 0.15) is 18.5 Å². The predicted molar refractivity (Wildman–Crippen MR) is 149 cm³/mol. The van der Waals surface area contributed by atoms with Gasteiger partial charge in [0.25, 0.3) is 0 Å². The van der Waals surface area contributed by atoms with E-state index in [1.54, 1.807) is 0 Å². The highest BCUT2D eigenvalue weighted by atomic mass is 16.5. The number of aliphatic hydroxyl groups excluding tert-OH is 1. The van der Waals surface area contributed by atoms with E-state index >= 15 is 0 Å². The Bertz CT molecular complexity index is 1330.